The highest BCUT2D eigenvalue weighted by atomic mass is 32.2. The molecule has 0 aliphatic carbocycles. The molecule has 1 aromatic carbocycles. The van der Waals surface area contributed by atoms with Crippen molar-refractivity contribution >= 4 is 21.6 Å². The van der Waals surface area contributed by atoms with Crippen LogP contribution in [0.15, 0.2) is 41.4 Å². The van der Waals surface area contributed by atoms with E-state index in [-0.39, 0.29) is 12.3 Å². The maximum Gasteiger partial charge on any atom is 0.458 e. The number of anilines is 1. The number of rotatable bonds is 6. The number of sulfone groups is 1. The maximum absolute atomic E-state index is 13.5. The lowest BCUT2D eigenvalue weighted by molar-refractivity contribution is -0.289. The summed E-state index contributed by atoms with van der Waals surface area (Å²) in [6, 6.07) is 2.27. The molecular weight excluding hydrogens is 500 g/mol. The van der Waals surface area contributed by atoms with E-state index in [9.17, 15) is 48.3 Å². The Hall–Kier alpha value is -3.21. The van der Waals surface area contributed by atoms with Crippen LogP contribution in [0.1, 0.15) is 28.4 Å². The van der Waals surface area contributed by atoms with Crippen LogP contribution in [-0.2, 0) is 21.9 Å². The van der Waals surface area contributed by atoms with E-state index >= 15 is 0 Å². The number of terminal acetylenes is 1. The molecule has 0 fully saturated rings. The van der Waals surface area contributed by atoms with E-state index in [1.54, 1.807) is 0 Å². The van der Waals surface area contributed by atoms with Crippen molar-refractivity contribution in [2.75, 3.05) is 17.2 Å². The Morgan fingerprint density at radius 1 is 1.03 bits per heavy atom. The fourth-order valence-corrected chi connectivity index (χ4v) is 3.78. The molecule has 0 saturated heterocycles. The Balaban J connectivity index is 2.61. The molecule has 0 bridgehead atoms. The number of pyridine rings is 1. The number of benzene rings is 1. The van der Waals surface area contributed by atoms with Crippen molar-refractivity contribution in [2.24, 2.45) is 0 Å². The summed E-state index contributed by atoms with van der Waals surface area (Å²) in [4.78, 5) is 16.0. The van der Waals surface area contributed by atoms with Gasteiger partial charge >= 0.3 is 18.3 Å². The van der Waals surface area contributed by atoms with Crippen LogP contribution in [0.3, 0.4) is 0 Å². The van der Waals surface area contributed by atoms with Crippen LogP contribution in [0.2, 0.25) is 0 Å². The second kappa shape index (κ2) is 9.21. The first kappa shape index (κ1) is 27.0. The van der Waals surface area contributed by atoms with Crippen LogP contribution < -0.4 is 4.90 Å². The van der Waals surface area contributed by atoms with Gasteiger partial charge in [0, 0.05) is 11.8 Å². The number of halogens is 8. The Labute approximate surface area is 188 Å². The molecule has 34 heavy (non-hydrogen) atoms. The molecule has 184 valence electrons. The number of hydrogen-bond donors (Lipinski definition) is 0. The van der Waals surface area contributed by atoms with Crippen molar-refractivity contribution in [1.29, 1.82) is 0 Å². The van der Waals surface area contributed by atoms with Crippen LogP contribution in [0.4, 0.5) is 40.9 Å². The fourth-order valence-electron chi connectivity index (χ4n) is 2.68. The average Bonchev–Trinajstić information content (AvgIpc) is 2.75. The first-order valence-corrected chi connectivity index (χ1v) is 10.7. The van der Waals surface area contributed by atoms with Crippen molar-refractivity contribution < 1.29 is 48.3 Å². The third-order valence-corrected chi connectivity index (χ3v) is 6.26. The summed E-state index contributed by atoms with van der Waals surface area (Å²) in [6.07, 6.45) is -5.54. The number of alkyl halides is 8. The van der Waals surface area contributed by atoms with Crippen LogP contribution in [0, 0.1) is 12.3 Å². The van der Waals surface area contributed by atoms with Crippen LogP contribution in [0.25, 0.3) is 0 Å². The van der Waals surface area contributed by atoms with Gasteiger partial charge in [-0.15, -0.1) is 6.42 Å². The number of amides is 1. The minimum atomic E-state index is -5.92. The Kier molecular flexibility index (Phi) is 7.32. The summed E-state index contributed by atoms with van der Waals surface area (Å²) >= 11 is 0. The molecule has 0 aliphatic heterocycles. The predicted octanol–water partition coefficient (Wildman–Crippen LogP) is 4.83. The molecule has 1 amide bonds. The normalized spacial score (nSPS) is 12.8. The van der Waals surface area contributed by atoms with Gasteiger partial charge in [0.05, 0.1) is 28.3 Å². The molecule has 2 aromatic rings. The minimum Gasteiger partial charge on any atom is -0.281 e. The van der Waals surface area contributed by atoms with E-state index in [2.05, 4.69) is 4.98 Å². The number of carbonyl (C=O) groups is 1. The molecule has 0 aliphatic rings. The van der Waals surface area contributed by atoms with E-state index in [1.807, 2.05) is 5.92 Å². The van der Waals surface area contributed by atoms with E-state index in [0.29, 0.717) is 29.2 Å². The second-order valence-electron chi connectivity index (χ2n) is 6.68. The SMILES string of the molecule is C#CCN(C(=O)c1ccc(C(F)(F)F)cc1S(=O)(=O)CC)c1ccc(C(F)(F)C(F)(F)F)cn1. The molecule has 14 heteroatoms. The van der Waals surface area contributed by atoms with Crippen LogP contribution in [0.5, 0.6) is 0 Å². The third-order valence-electron chi connectivity index (χ3n) is 4.49. The van der Waals surface area contributed by atoms with Gasteiger partial charge in [-0.2, -0.15) is 35.1 Å². The molecule has 1 heterocycles. The van der Waals surface area contributed by atoms with Gasteiger partial charge in [0.1, 0.15) is 5.82 Å². The average molecular weight is 514 g/mol. The Morgan fingerprint density at radius 2 is 1.62 bits per heavy atom. The van der Waals surface area contributed by atoms with Gasteiger partial charge in [-0.3, -0.25) is 9.69 Å². The molecule has 0 spiro atoms. The lowest BCUT2D eigenvalue weighted by Crippen LogP contribution is -2.35. The first-order chi connectivity index (χ1) is 15.5. The Bertz CT molecular complexity index is 1210. The largest absolute Gasteiger partial charge is 0.458 e. The van der Waals surface area contributed by atoms with E-state index in [1.165, 1.54) is 0 Å². The maximum atomic E-state index is 13.5. The standard InChI is InChI=1S/C20H14F8N2O3S/c1-3-9-30(16-8-6-13(11-29-16)18(21,22)20(26,27)28)17(31)14-7-5-12(19(23,24)25)10-15(14)34(32,33)4-2/h1,5-8,10-11H,4,9H2,2H3. The molecule has 0 unspecified atom stereocenters. The minimum absolute atomic E-state index is 0.149. The number of nitrogens with zero attached hydrogens (tertiary/aromatic N) is 2. The summed E-state index contributed by atoms with van der Waals surface area (Å²) in [5, 5.41) is 0. The molecule has 2 rings (SSSR count). The topological polar surface area (TPSA) is 67.3 Å². The van der Waals surface area contributed by atoms with Crippen molar-refractivity contribution in [2.45, 2.75) is 30.1 Å². The van der Waals surface area contributed by atoms with E-state index < -0.39 is 73.7 Å². The number of carbonyl (C=O) groups excluding carboxylic acids is 1. The fraction of sp³-hybridized carbons (Fsp3) is 0.300. The zero-order chi connectivity index (χ0) is 26.1. The molecule has 5 nitrogen and oxygen atoms in total. The highest BCUT2D eigenvalue weighted by molar-refractivity contribution is 7.91. The second-order valence-corrected chi connectivity index (χ2v) is 8.93. The van der Waals surface area contributed by atoms with Gasteiger partial charge in [0.15, 0.2) is 9.84 Å². The molecule has 0 saturated carbocycles. The van der Waals surface area contributed by atoms with Gasteiger partial charge in [0.2, 0.25) is 0 Å². The van der Waals surface area contributed by atoms with Crippen molar-refractivity contribution in [1.82, 2.24) is 4.98 Å². The van der Waals surface area contributed by atoms with Crippen LogP contribution in [-0.4, -0.2) is 37.8 Å². The van der Waals surface area contributed by atoms with E-state index in [4.69, 9.17) is 6.42 Å². The van der Waals surface area contributed by atoms with Crippen LogP contribution >= 0.6 is 0 Å². The van der Waals surface area contributed by atoms with Gasteiger partial charge in [-0.1, -0.05) is 12.8 Å². The summed E-state index contributed by atoms with van der Waals surface area (Å²) < 4.78 is 129. The summed E-state index contributed by atoms with van der Waals surface area (Å²) in [6.45, 7) is 0.470. The first-order valence-electron chi connectivity index (χ1n) is 9.07. The quantitative estimate of drug-likeness (QED) is 0.409. The zero-order valence-corrected chi connectivity index (χ0v) is 17.8. The Morgan fingerprint density at radius 3 is 2.06 bits per heavy atom. The smallest absolute Gasteiger partial charge is 0.281 e. The molecular formula is C20H14F8N2O3S. The van der Waals surface area contributed by atoms with E-state index in [0.717, 1.165) is 6.92 Å². The van der Waals surface area contributed by atoms with Gasteiger partial charge < -0.3 is 0 Å². The van der Waals surface area contributed by atoms with Gasteiger partial charge in [-0.25, -0.2) is 13.4 Å². The summed E-state index contributed by atoms with van der Waals surface area (Å²) in [5.74, 6) is -5.72. The van der Waals surface area contributed by atoms with Crippen molar-refractivity contribution in [3.8, 4) is 12.3 Å². The lowest BCUT2D eigenvalue weighted by atomic mass is 10.1. The van der Waals surface area contributed by atoms with Gasteiger partial charge in [0.25, 0.3) is 5.91 Å². The van der Waals surface area contributed by atoms with Crippen molar-refractivity contribution in [3.63, 3.8) is 0 Å². The van der Waals surface area contributed by atoms with Crippen molar-refractivity contribution in [3.05, 3.63) is 53.2 Å². The highest BCUT2D eigenvalue weighted by Gasteiger charge is 2.58. The monoisotopic (exact) mass is 514 g/mol. The number of aromatic nitrogens is 1. The summed E-state index contributed by atoms with van der Waals surface area (Å²) in [7, 11) is -4.37. The molecule has 0 radical (unpaired) electrons. The third kappa shape index (κ3) is 5.30. The lowest BCUT2D eigenvalue weighted by Gasteiger charge is -2.23. The zero-order valence-electron chi connectivity index (χ0n) is 17.0. The number of hydrogen-bond acceptors (Lipinski definition) is 4. The molecule has 0 N–H and O–H groups in total. The molecule has 1 aromatic heterocycles. The highest BCUT2D eigenvalue weighted by Crippen LogP contribution is 2.43. The predicted molar refractivity (Wildman–Crippen MR) is 104 cm³/mol. The van der Waals surface area contributed by atoms with Gasteiger partial charge in [-0.05, 0) is 30.3 Å². The molecule has 0 atom stereocenters. The summed E-state index contributed by atoms with van der Waals surface area (Å²) in [5.41, 5.74) is -3.62.